The first-order valence-corrected chi connectivity index (χ1v) is 14.3. The molecule has 6 rings (SSSR count). The molecule has 2 aliphatic heterocycles. The van der Waals surface area contributed by atoms with Gasteiger partial charge in [0.15, 0.2) is 0 Å². The van der Waals surface area contributed by atoms with Crippen LogP contribution in [-0.2, 0) is 11.3 Å². The second-order valence-electron chi connectivity index (χ2n) is 10.7. The molecule has 4 aromatic rings. The molecule has 0 saturated carbocycles. The molecule has 0 aromatic heterocycles. The van der Waals surface area contributed by atoms with Crippen LogP contribution in [0.15, 0.2) is 103 Å². The summed E-state index contributed by atoms with van der Waals surface area (Å²) in [5.41, 5.74) is 4.17. The normalized spacial score (nSPS) is 18.9. The molecule has 0 unspecified atom stereocenters. The number of fused-ring (bicyclic) bond motifs is 1. The molecule has 2 amide bonds. The number of rotatable bonds is 7. The predicted octanol–water partition coefficient (Wildman–Crippen LogP) is 5.53. The van der Waals surface area contributed by atoms with Crippen LogP contribution in [0.25, 0.3) is 0 Å². The highest BCUT2D eigenvalue weighted by Crippen LogP contribution is 2.46. The first-order valence-electron chi connectivity index (χ1n) is 14.3. The van der Waals surface area contributed by atoms with Crippen molar-refractivity contribution in [3.8, 4) is 11.5 Å². The van der Waals surface area contributed by atoms with Gasteiger partial charge in [0.1, 0.15) is 11.5 Å². The topological polar surface area (TPSA) is 62.3 Å². The zero-order valence-electron chi connectivity index (χ0n) is 24.0. The van der Waals surface area contributed by atoms with Crippen LogP contribution in [0, 0.1) is 0 Å². The minimum absolute atomic E-state index is 0.0358. The number of nitrogens with zero attached hydrogens (tertiary/aromatic N) is 3. The molecular weight excluding hydrogens is 526 g/mol. The van der Waals surface area contributed by atoms with Gasteiger partial charge in [-0.15, -0.1) is 0 Å². The highest BCUT2D eigenvalue weighted by atomic mass is 16.5. The van der Waals surface area contributed by atoms with E-state index >= 15 is 0 Å². The van der Waals surface area contributed by atoms with Gasteiger partial charge in [0.05, 0.1) is 26.2 Å². The van der Waals surface area contributed by atoms with Gasteiger partial charge in [-0.1, -0.05) is 60.7 Å². The molecule has 2 atom stereocenters. The van der Waals surface area contributed by atoms with Crippen LogP contribution in [-0.4, -0.2) is 62.0 Å². The molecule has 0 radical (unpaired) electrons. The van der Waals surface area contributed by atoms with Crippen molar-refractivity contribution < 1.29 is 19.1 Å². The Hall–Kier alpha value is -4.62. The maximum Gasteiger partial charge on any atom is 0.259 e. The van der Waals surface area contributed by atoms with Crippen molar-refractivity contribution in [3.05, 3.63) is 125 Å². The van der Waals surface area contributed by atoms with Gasteiger partial charge >= 0.3 is 0 Å². The minimum atomic E-state index is -0.574. The summed E-state index contributed by atoms with van der Waals surface area (Å²) in [6.07, 6.45) is 0. The molecule has 1 saturated heterocycles. The number of hydrogen-bond acceptors (Lipinski definition) is 5. The fraction of sp³-hybridized carbons (Fsp3) is 0.257. The Balaban J connectivity index is 1.37. The van der Waals surface area contributed by atoms with E-state index in [-0.39, 0.29) is 11.8 Å². The quantitative estimate of drug-likeness (QED) is 0.297. The smallest absolute Gasteiger partial charge is 0.259 e. The Bertz CT molecular complexity index is 1530. The summed E-state index contributed by atoms with van der Waals surface area (Å²) >= 11 is 0. The maximum atomic E-state index is 14.6. The number of ether oxygens (including phenoxy) is 2. The summed E-state index contributed by atoms with van der Waals surface area (Å²) in [6, 6.07) is 32.6. The van der Waals surface area contributed by atoms with Crippen LogP contribution in [0.1, 0.15) is 39.0 Å². The fourth-order valence-electron chi connectivity index (χ4n) is 6.13. The SMILES string of the molecule is COc1ccc([C@@H]2[C@@H](C(=O)N3CCN(Cc4ccccc4)CC3)c3ccccc3C(=O)N2c2ccc(OC)cc2)cc1. The van der Waals surface area contributed by atoms with E-state index in [1.807, 2.05) is 83.8 Å². The standard InChI is InChI=1S/C35H35N3O4/c1-41-28-16-12-26(13-17-28)33-32(35(40)37-22-20-36(21-23-37)24-25-8-4-3-5-9-25)30-10-6-7-11-31(30)34(39)38(33)27-14-18-29(42-2)19-15-27/h3-19,32-33H,20-24H2,1-2H3/t32-,33+/m0/s1. The van der Waals surface area contributed by atoms with Crippen LogP contribution in [0.5, 0.6) is 11.5 Å². The first kappa shape index (κ1) is 27.5. The van der Waals surface area contributed by atoms with Crippen LogP contribution >= 0.6 is 0 Å². The number of methoxy groups -OCH3 is 2. The van der Waals surface area contributed by atoms with E-state index in [0.29, 0.717) is 30.1 Å². The summed E-state index contributed by atoms with van der Waals surface area (Å²) in [5, 5.41) is 0. The van der Waals surface area contributed by atoms with Crippen molar-refractivity contribution in [3.63, 3.8) is 0 Å². The molecule has 4 aromatic carbocycles. The summed E-state index contributed by atoms with van der Waals surface area (Å²) in [7, 11) is 3.24. The van der Waals surface area contributed by atoms with Gasteiger partial charge in [-0.05, 0) is 59.2 Å². The van der Waals surface area contributed by atoms with Crippen LogP contribution in [0.2, 0.25) is 0 Å². The highest BCUT2D eigenvalue weighted by Gasteiger charge is 2.46. The number of amides is 2. The van der Waals surface area contributed by atoms with Crippen molar-refractivity contribution in [1.29, 1.82) is 0 Å². The van der Waals surface area contributed by atoms with Crippen molar-refractivity contribution >= 4 is 17.5 Å². The Morgan fingerprint density at radius 2 is 1.33 bits per heavy atom. The molecule has 0 spiro atoms. The summed E-state index contributed by atoms with van der Waals surface area (Å²) in [6.45, 7) is 3.72. The van der Waals surface area contributed by atoms with E-state index in [2.05, 4.69) is 29.2 Å². The molecule has 1 fully saturated rings. The molecule has 2 heterocycles. The zero-order chi connectivity index (χ0) is 29.1. The van der Waals surface area contributed by atoms with E-state index in [0.717, 1.165) is 36.5 Å². The van der Waals surface area contributed by atoms with E-state index < -0.39 is 12.0 Å². The average Bonchev–Trinajstić information content (AvgIpc) is 3.05. The maximum absolute atomic E-state index is 14.6. The van der Waals surface area contributed by atoms with Crippen LogP contribution in [0.4, 0.5) is 5.69 Å². The molecule has 0 N–H and O–H groups in total. The molecule has 214 valence electrons. The highest BCUT2D eigenvalue weighted by molar-refractivity contribution is 6.11. The lowest BCUT2D eigenvalue weighted by Gasteiger charge is -2.44. The second-order valence-corrected chi connectivity index (χ2v) is 10.7. The lowest BCUT2D eigenvalue weighted by Crippen LogP contribution is -2.53. The molecule has 2 aliphatic rings. The van der Waals surface area contributed by atoms with E-state index in [9.17, 15) is 9.59 Å². The number of piperazine rings is 1. The summed E-state index contributed by atoms with van der Waals surface area (Å²) in [5.74, 6) is 0.748. The average molecular weight is 562 g/mol. The van der Waals surface area contributed by atoms with E-state index in [1.165, 1.54) is 5.56 Å². The molecular formula is C35H35N3O4. The zero-order valence-corrected chi connectivity index (χ0v) is 24.0. The lowest BCUT2D eigenvalue weighted by molar-refractivity contribution is -0.135. The van der Waals surface area contributed by atoms with Gasteiger partial charge in [-0.3, -0.25) is 19.4 Å². The third kappa shape index (κ3) is 5.35. The van der Waals surface area contributed by atoms with Crippen LogP contribution in [0.3, 0.4) is 0 Å². The van der Waals surface area contributed by atoms with Gasteiger partial charge in [0.25, 0.3) is 5.91 Å². The Kier molecular flexibility index (Phi) is 7.93. The van der Waals surface area contributed by atoms with E-state index in [4.69, 9.17) is 9.47 Å². The molecule has 7 heteroatoms. The third-order valence-corrected chi connectivity index (χ3v) is 8.35. The number of hydrogen-bond donors (Lipinski definition) is 0. The molecule has 7 nitrogen and oxygen atoms in total. The van der Waals surface area contributed by atoms with Gasteiger partial charge in [0.2, 0.25) is 5.91 Å². The Labute approximate surface area is 246 Å². The van der Waals surface area contributed by atoms with Crippen molar-refractivity contribution in [2.24, 2.45) is 0 Å². The van der Waals surface area contributed by atoms with Gasteiger partial charge in [0, 0.05) is 44.0 Å². The van der Waals surface area contributed by atoms with Crippen molar-refractivity contribution in [2.75, 3.05) is 45.3 Å². The monoisotopic (exact) mass is 561 g/mol. The summed E-state index contributed by atoms with van der Waals surface area (Å²) in [4.78, 5) is 34.9. The summed E-state index contributed by atoms with van der Waals surface area (Å²) < 4.78 is 10.8. The number of anilines is 1. The number of carbonyl (C=O) groups is 2. The van der Waals surface area contributed by atoms with Gasteiger partial charge < -0.3 is 14.4 Å². The predicted molar refractivity (Wildman–Crippen MR) is 163 cm³/mol. The second kappa shape index (κ2) is 12.1. The lowest BCUT2D eigenvalue weighted by atomic mass is 9.78. The number of benzene rings is 4. The minimum Gasteiger partial charge on any atom is -0.497 e. The van der Waals surface area contributed by atoms with Gasteiger partial charge in [-0.2, -0.15) is 0 Å². The van der Waals surface area contributed by atoms with E-state index in [1.54, 1.807) is 19.1 Å². The number of carbonyl (C=O) groups excluding carboxylic acids is 2. The molecule has 42 heavy (non-hydrogen) atoms. The Morgan fingerprint density at radius 1 is 0.738 bits per heavy atom. The van der Waals surface area contributed by atoms with Crippen LogP contribution < -0.4 is 14.4 Å². The largest absolute Gasteiger partial charge is 0.497 e. The molecule has 0 bridgehead atoms. The fourth-order valence-corrected chi connectivity index (χ4v) is 6.13. The Morgan fingerprint density at radius 3 is 1.98 bits per heavy atom. The van der Waals surface area contributed by atoms with Crippen molar-refractivity contribution in [2.45, 2.75) is 18.5 Å². The molecule has 0 aliphatic carbocycles. The first-order chi connectivity index (χ1) is 20.6. The van der Waals surface area contributed by atoms with Crippen molar-refractivity contribution in [1.82, 2.24) is 9.80 Å². The third-order valence-electron chi connectivity index (χ3n) is 8.35. The van der Waals surface area contributed by atoms with Gasteiger partial charge in [-0.25, -0.2) is 0 Å².